The van der Waals surface area contributed by atoms with Crippen molar-refractivity contribution < 1.29 is 0 Å². The van der Waals surface area contributed by atoms with Gasteiger partial charge in [-0.2, -0.15) is 5.10 Å². The van der Waals surface area contributed by atoms with Gasteiger partial charge in [0.1, 0.15) is 0 Å². The van der Waals surface area contributed by atoms with E-state index in [4.69, 9.17) is 0 Å². The molecular formula is C15H24N4. The summed E-state index contributed by atoms with van der Waals surface area (Å²) in [7, 11) is 4.10. The Balaban J connectivity index is 2.04. The molecule has 0 N–H and O–H groups in total. The Bertz CT molecular complexity index is 458. The highest BCUT2D eigenvalue weighted by molar-refractivity contribution is 5.71. The number of likely N-dealkylation sites (N-methyl/N-ethyl adjacent to an activating group) is 1. The molecule has 0 spiro atoms. The summed E-state index contributed by atoms with van der Waals surface area (Å²) in [5, 5.41) is 6.15. The fourth-order valence-corrected chi connectivity index (χ4v) is 2.18. The third-order valence-corrected chi connectivity index (χ3v) is 3.70. The monoisotopic (exact) mass is 260 g/mol. The molecule has 4 nitrogen and oxygen atoms in total. The molecule has 0 fully saturated rings. The first kappa shape index (κ1) is 13.9. The fraction of sp³-hybridized carbons (Fsp3) is 0.533. The number of hydrogen-bond donors (Lipinski definition) is 0. The summed E-state index contributed by atoms with van der Waals surface area (Å²) in [6, 6.07) is 2.26. The maximum atomic E-state index is 4.32. The van der Waals surface area contributed by atoms with Crippen LogP contribution in [0, 0.1) is 6.92 Å². The summed E-state index contributed by atoms with van der Waals surface area (Å²) in [5.41, 5.74) is 2.64. The maximum Gasteiger partial charge on any atom is 0.0423 e. The van der Waals surface area contributed by atoms with Gasteiger partial charge in [0.05, 0.1) is 0 Å². The number of rotatable bonds is 5. The van der Waals surface area contributed by atoms with Crippen LogP contribution in [0.25, 0.3) is 0 Å². The van der Waals surface area contributed by atoms with Crippen molar-refractivity contribution in [2.75, 3.05) is 27.2 Å². The van der Waals surface area contributed by atoms with Gasteiger partial charge in [-0.25, -0.2) is 0 Å². The van der Waals surface area contributed by atoms with Crippen molar-refractivity contribution in [3.8, 4) is 0 Å². The van der Waals surface area contributed by atoms with E-state index < -0.39 is 0 Å². The molecule has 1 aromatic heterocycles. The van der Waals surface area contributed by atoms with E-state index in [9.17, 15) is 0 Å². The smallest absolute Gasteiger partial charge is 0.0423 e. The number of hydrogen-bond acceptors (Lipinski definition) is 3. The highest BCUT2D eigenvalue weighted by Crippen LogP contribution is 2.21. The van der Waals surface area contributed by atoms with Crippen molar-refractivity contribution in [3.05, 3.63) is 35.8 Å². The summed E-state index contributed by atoms with van der Waals surface area (Å²) in [5.74, 6) is 0.306. The molecule has 2 rings (SSSR count). The minimum atomic E-state index is 0.306. The first-order chi connectivity index (χ1) is 9.10. The van der Waals surface area contributed by atoms with Gasteiger partial charge >= 0.3 is 0 Å². The van der Waals surface area contributed by atoms with E-state index >= 15 is 0 Å². The molecule has 1 aromatic rings. The van der Waals surface area contributed by atoms with Crippen LogP contribution in [0.1, 0.15) is 24.1 Å². The van der Waals surface area contributed by atoms with Crippen LogP contribution in [0.4, 0.5) is 0 Å². The van der Waals surface area contributed by atoms with E-state index in [2.05, 4.69) is 53.8 Å². The van der Waals surface area contributed by atoms with Gasteiger partial charge in [0, 0.05) is 50.4 Å². The standard InChI is InChI=1S/C15H24N4/c1-5-17(3)8-9-19-12-15(10-13(19)2)14-6-7-18(4)16-11-14/h6-7,10-12,14H,5,8-9H2,1-4H3. The number of aromatic nitrogens is 1. The normalized spacial score (nSPS) is 18.6. The summed E-state index contributed by atoms with van der Waals surface area (Å²) in [4.78, 5) is 2.33. The second kappa shape index (κ2) is 6.06. The van der Waals surface area contributed by atoms with Gasteiger partial charge in [-0.1, -0.05) is 13.0 Å². The Kier molecular flexibility index (Phi) is 4.43. The van der Waals surface area contributed by atoms with Gasteiger partial charge < -0.3 is 9.47 Å². The molecule has 1 aliphatic heterocycles. The van der Waals surface area contributed by atoms with Crippen molar-refractivity contribution >= 4 is 6.21 Å². The lowest BCUT2D eigenvalue weighted by Crippen LogP contribution is -2.22. The molecule has 1 atom stereocenters. The zero-order valence-electron chi connectivity index (χ0n) is 12.4. The second-order valence-electron chi connectivity index (χ2n) is 5.21. The van der Waals surface area contributed by atoms with Crippen LogP contribution in [-0.4, -0.2) is 47.9 Å². The third-order valence-electron chi connectivity index (χ3n) is 3.70. The van der Waals surface area contributed by atoms with Crippen molar-refractivity contribution in [2.45, 2.75) is 26.3 Å². The fourth-order valence-electron chi connectivity index (χ4n) is 2.18. The Morgan fingerprint density at radius 3 is 2.84 bits per heavy atom. The average Bonchev–Trinajstić information content (AvgIpc) is 2.78. The average molecular weight is 260 g/mol. The first-order valence-electron chi connectivity index (χ1n) is 6.90. The van der Waals surface area contributed by atoms with Crippen LogP contribution in [0.3, 0.4) is 0 Å². The summed E-state index contributed by atoms with van der Waals surface area (Å²) in [6.07, 6.45) is 8.45. The van der Waals surface area contributed by atoms with E-state index in [1.54, 1.807) is 0 Å². The molecule has 0 saturated carbocycles. The highest BCUT2D eigenvalue weighted by Gasteiger charge is 2.12. The third kappa shape index (κ3) is 3.47. The molecule has 1 unspecified atom stereocenters. The van der Waals surface area contributed by atoms with Crippen molar-refractivity contribution in [1.29, 1.82) is 0 Å². The topological polar surface area (TPSA) is 23.8 Å². The first-order valence-corrected chi connectivity index (χ1v) is 6.90. The van der Waals surface area contributed by atoms with Gasteiger partial charge in [0.25, 0.3) is 0 Å². The molecule has 0 radical (unpaired) electrons. The molecular weight excluding hydrogens is 236 g/mol. The Morgan fingerprint density at radius 2 is 2.21 bits per heavy atom. The van der Waals surface area contributed by atoms with E-state index in [1.807, 2.05) is 24.5 Å². The number of nitrogens with zero attached hydrogens (tertiary/aromatic N) is 4. The largest absolute Gasteiger partial charge is 0.350 e. The van der Waals surface area contributed by atoms with Crippen molar-refractivity contribution in [2.24, 2.45) is 5.10 Å². The van der Waals surface area contributed by atoms with Crippen LogP contribution in [-0.2, 0) is 6.54 Å². The molecule has 0 saturated heterocycles. The van der Waals surface area contributed by atoms with Crippen LogP contribution in [0.2, 0.25) is 0 Å². The molecule has 4 heteroatoms. The zero-order chi connectivity index (χ0) is 13.8. The van der Waals surface area contributed by atoms with E-state index in [0.717, 1.165) is 19.6 Å². The zero-order valence-corrected chi connectivity index (χ0v) is 12.4. The Labute approximate surface area is 116 Å². The quantitative estimate of drug-likeness (QED) is 0.811. The predicted molar refractivity (Wildman–Crippen MR) is 80.5 cm³/mol. The SMILES string of the molecule is CCN(C)CCn1cc(C2C=CN(C)N=C2)cc1C. The predicted octanol–water partition coefficient (Wildman–Crippen LogP) is 2.28. The van der Waals surface area contributed by atoms with Crippen molar-refractivity contribution in [1.82, 2.24) is 14.5 Å². The lowest BCUT2D eigenvalue weighted by molar-refractivity contribution is 0.334. The molecule has 19 heavy (non-hydrogen) atoms. The molecule has 104 valence electrons. The van der Waals surface area contributed by atoms with E-state index in [-0.39, 0.29) is 0 Å². The van der Waals surface area contributed by atoms with E-state index in [0.29, 0.717) is 5.92 Å². The van der Waals surface area contributed by atoms with Gasteiger partial charge in [-0.05, 0) is 32.1 Å². The lowest BCUT2D eigenvalue weighted by Gasteiger charge is -2.16. The van der Waals surface area contributed by atoms with Crippen molar-refractivity contribution in [3.63, 3.8) is 0 Å². The highest BCUT2D eigenvalue weighted by atomic mass is 15.4. The minimum Gasteiger partial charge on any atom is -0.350 e. The van der Waals surface area contributed by atoms with Gasteiger partial charge in [0.2, 0.25) is 0 Å². The van der Waals surface area contributed by atoms with Gasteiger partial charge in [-0.15, -0.1) is 0 Å². The van der Waals surface area contributed by atoms with Gasteiger partial charge in [0.15, 0.2) is 0 Å². The molecule has 0 aromatic carbocycles. The second-order valence-corrected chi connectivity index (χ2v) is 5.21. The summed E-state index contributed by atoms with van der Waals surface area (Å²) >= 11 is 0. The number of allylic oxidation sites excluding steroid dienone is 1. The van der Waals surface area contributed by atoms with Crippen LogP contribution < -0.4 is 0 Å². The summed E-state index contributed by atoms with van der Waals surface area (Å²) in [6.45, 7) is 7.59. The number of hydrazone groups is 1. The Morgan fingerprint density at radius 1 is 1.42 bits per heavy atom. The number of aryl methyl sites for hydroxylation is 1. The maximum absolute atomic E-state index is 4.32. The molecule has 1 aliphatic rings. The molecule has 0 bridgehead atoms. The lowest BCUT2D eigenvalue weighted by atomic mass is 10.0. The van der Waals surface area contributed by atoms with Crippen LogP contribution >= 0.6 is 0 Å². The molecule has 0 aliphatic carbocycles. The molecule has 0 amide bonds. The van der Waals surface area contributed by atoms with Crippen LogP contribution in [0.15, 0.2) is 29.6 Å². The minimum absolute atomic E-state index is 0.306. The van der Waals surface area contributed by atoms with E-state index in [1.165, 1.54) is 11.3 Å². The van der Waals surface area contributed by atoms with Crippen LogP contribution in [0.5, 0.6) is 0 Å². The molecule has 2 heterocycles. The Hall–Kier alpha value is -1.55. The van der Waals surface area contributed by atoms with Gasteiger partial charge in [-0.3, -0.25) is 5.01 Å². The summed E-state index contributed by atoms with van der Waals surface area (Å²) < 4.78 is 2.33.